The molecular formula is C9H16N4O3S2. The number of aliphatic hydroxyl groups is 1. The number of nitrogens with two attached hydrogens (primary N) is 1. The van der Waals surface area contributed by atoms with Gasteiger partial charge >= 0.3 is 0 Å². The van der Waals surface area contributed by atoms with Crippen molar-refractivity contribution >= 4 is 26.5 Å². The fourth-order valence-electron chi connectivity index (χ4n) is 2.07. The van der Waals surface area contributed by atoms with Gasteiger partial charge in [0, 0.05) is 12.6 Å². The molecule has 0 radical (unpaired) electrons. The van der Waals surface area contributed by atoms with Crippen LogP contribution in [0.1, 0.15) is 25.7 Å². The van der Waals surface area contributed by atoms with E-state index in [0.29, 0.717) is 13.0 Å². The van der Waals surface area contributed by atoms with Gasteiger partial charge in [0.1, 0.15) is 0 Å². The maximum atomic E-state index is 12.4. The van der Waals surface area contributed by atoms with Crippen LogP contribution in [0.25, 0.3) is 0 Å². The molecule has 1 fully saturated rings. The Hall–Kier alpha value is -0.770. The normalized spacial score (nSPS) is 22.8. The second-order valence-corrected chi connectivity index (χ2v) is 7.28. The summed E-state index contributed by atoms with van der Waals surface area (Å²) < 4.78 is 26.0. The predicted molar refractivity (Wildman–Crippen MR) is 67.6 cm³/mol. The number of sulfonamides is 1. The first-order chi connectivity index (χ1) is 8.55. The van der Waals surface area contributed by atoms with E-state index in [-0.39, 0.29) is 22.1 Å². The van der Waals surface area contributed by atoms with E-state index in [1.165, 1.54) is 4.31 Å². The van der Waals surface area contributed by atoms with Gasteiger partial charge in [-0.25, -0.2) is 8.42 Å². The third kappa shape index (κ3) is 2.63. The number of rotatable bonds is 3. The first-order valence-electron chi connectivity index (χ1n) is 5.77. The lowest BCUT2D eigenvalue weighted by Gasteiger charge is -2.26. The highest BCUT2D eigenvalue weighted by molar-refractivity contribution is 7.91. The van der Waals surface area contributed by atoms with Crippen molar-refractivity contribution in [1.29, 1.82) is 0 Å². The number of hydrogen-bond acceptors (Lipinski definition) is 7. The molecule has 1 aliphatic rings. The van der Waals surface area contributed by atoms with Crippen molar-refractivity contribution < 1.29 is 13.5 Å². The van der Waals surface area contributed by atoms with Crippen LogP contribution in [0.2, 0.25) is 0 Å². The van der Waals surface area contributed by atoms with E-state index >= 15 is 0 Å². The first kappa shape index (κ1) is 13.7. The molecule has 1 aromatic heterocycles. The first-order valence-corrected chi connectivity index (χ1v) is 8.03. The molecule has 0 amide bonds. The van der Waals surface area contributed by atoms with Crippen LogP contribution in [0.4, 0.5) is 5.13 Å². The molecule has 0 bridgehead atoms. The summed E-state index contributed by atoms with van der Waals surface area (Å²) in [7, 11) is -3.69. The zero-order valence-corrected chi connectivity index (χ0v) is 11.5. The van der Waals surface area contributed by atoms with Crippen molar-refractivity contribution in [1.82, 2.24) is 14.5 Å². The van der Waals surface area contributed by atoms with Gasteiger partial charge in [0.05, 0.1) is 6.61 Å². The molecule has 3 N–H and O–H groups in total. The molecule has 1 saturated heterocycles. The minimum atomic E-state index is -3.69. The van der Waals surface area contributed by atoms with Gasteiger partial charge in [-0.05, 0) is 12.8 Å². The van der Waals surface area contributed by atoms with Crippen LogP contribution in [0.5, 0.6) is 0 Å². The Morgan fingerprint density at radius 2 is 2.17 bits per heavy atom. The zero-order chi connectivity index (χ0) is 13.2. The van der Waals surface area contributed by atoms with Gasteiger partial charge in [-0.3, -0.25) is 0 Å². The summed E-state index contributed by atoms with van der Waals surface area (Å²) in [6.45, 7) is 0.237. The molecule has 102 valence electrons. The second kappa shape index (κ2) is 5.47. The highest BCUT2D eigenvalue weighted by Gasteiger charge is 2.34. The van der Waals surface area contributed by atoms with Gasteiger partial charge in [-0.2, -0.15) is 4.31 Å². The van der Waals surface area contributed by atoms with E-state index in [4.69, 9.17) is 5.73 Å². The molecule has 0 saturated carbocycles. The van der Waals surface area contributed by atoms with E-state index < -0.39 is 10.0 Å². The van der Waals surface area contributed by atoms with Crippen LogP contribution in [0, 0.1) is 0 Å². The molecule has 1 unspecified atom stereocenters. The molecule has 9 heteroatoms. The SMILES string of the molecule is Nc1nnc(S(=O)(=O)N2CCCCCC2CO)s1. The quantitative estimate of drug-likeness (QED) is 0.814. The van der Waals surface area contributed by atoms with Crippen molar-refractivity contribution in [2.24, 2.45) is 0 Å². The number of nitrogens with zero attached hydrogens (tertiary/aromatic N) is 3. The van der Waals surface area contributed by atoms with E-state index in [1.54, 1.807) is 0 Å². The van der Waals surface area contributed by atoms with Crippen LogP contribution in [-0.2, 0) is 10.0 Å². The van der Waals surface area contributed by atoms with Crippen molar-refractivity contribution in [2.45, 2.75) is 36.1 Å². The molecule has 0 aromatic carbocycles. The summed E-state index contributed by atoms with van der Waals surface area (Å²) in [4.78, 5) is 0. The van der Waals surface area contributed by atoms with E-state index in [1.807, 2.05) is 0 Å². The monoisotopic (exact) mass is 292 g/mol. The maximum Gasteiger partial charge on any atom is 0.272 e. The van der Waals surface area contributed by atoms with Crippen LogP contribution in [0.3, 0.4) is 0 Å². The Kier molecular flexibility index (Phi) is 4.15. The molecule has 1 aromatic rings. The molecule has 0 aliphatic carbocycles. The third-order valence-electron chi connectivity index (χ3n) is 2.99. The van der Waals surface area contributed by atoms with Gasteiger partial charge < -0.3 is 10.8 Å². The minimum absolute atomic E-state index is 0.0969. The highest BCUT2D eigenvalue weighted by atomic mass is 32.2. The molecule has 1 atom stereocenters. The maximum absolute atomic E-state index is 12.4. The van der Waals surface area contributed by atoms with Crippen LogP contribution in [-0.4, -0.2) is 47.2 Å². The fourth-order valence-corrected chi connectivity index (χ4v) is 4.66. The lowest BCUT2D eigenvalue weighted by atomic mass is 10.1. The summed E-state index contributed by atoms with van der Waals surface area (Å²) in [6.07, 6.45) is 3.37. The highest BCUT2D eigenvalue weighted by Crippen LogP contribution is 2.26. The molecule has 18 heavy (non-hydrogen) atoms. The smallest absolute Gasteiger partial charge is 0.272 e. The third-order valence-corrected chi connectivity index (χ3v) is 6.04. The summed E-state index contributed by atoms with van der Waals surface area (Å²) >= 11 is 0.852. The summed E-state index contributed by atoms with van der Waals surface area (Å²) in [5, 5.41) is 16.6. The zero-order valence-electron chi connectivity index (χ0n) is 9.82. The lowest BCUT2D eigenvalue weighted by Crippen LogP contribution is -2.42. The molecule has 2 heterocycles. The van der Waals surface area contributed by atoms with Crippen LogP contribution in [0.15, 0.2) is 4.34 Å². The summed E-state index contributed by atoms with van der Waals surface area (Å²) in [5.41, 5.74) is 5.42. The largest absolute Gasteiger partial charge is 0.395 e. The molecule has 7 nitrogen and oxygen atoms in total. The average Bonchev–Trinajstić information content (AvgIpc) is 2.65. The summed E-state index contributed by atoms with van der Waals surface area (Å²) in [6, 6.07) is -0.373. The molecule has 2 rings (SSSR count). The van der Waals surface area contributed by atoms with Gasteiger partial charge in [0.25, 0.3) is 10.0 Å². The Balaban J connectivity index is 2.32. The second-order valence-electron chi connectivity index (χ2n) is 4.21. The predicted octanol–water partition coefficient (Wildman–Crippen LogP) is 0.0459. The lowest BCUT2D eigenvalue weighted by molar-refractivity contribution is 0.186. The Morgan fingerprint density at radius 1 is 1.39 bits per heavy atom. The van der Waals surface area contributed by atoms with E-state index in [2.05, 4.69) is 10.2 Å². The molecule has 1 aliphatic heterocycles. The van der Waals surface area contributed by atoms with Gasteiger partial charge in [0.15, 0.2) is 0 Å². The number of anilines is 1. The van der Waals surface area contributed by atoms with Crippen molar-refractivity contribution in [3.05, 3.63) is 0 Å². The molecular weight excluding hydrogens is 276 g/mol. The van der Waals surface area contributed by atoms with E-state index in [0.717, 1.165) is 30.6 Å². The number of hydrogen-bond donors (Lipinski definition) is 2. The van der Waals surface area contributed by atoms with Crippen LogP contribution < -0.4 is 5.73 Å². The Labute approximate surface area is 110 Å². The van der Waals surface area contributed by atoms with Crippen molar-refractivity contribution in [3.63, 3.8) is 0 Å². The molecule has 0 spiro atoms. The average molecular weight is 292 g/mol. The number of nitrogen functional groups attached to an aromatic ring is 1. The topological polar surface area (TPSA) is 109 Å². The van der Waals surface area contributed by atoms with Crippen LogP contribution >= 0.6 is 11.3 Å². The number of aliphatic hydroxyl groups excluding tert-OH is 1. The van der Waals surface area contributed by atoms with Gasteiger partial charge in [-0.15, -0.1) is 10.2 Å². The van der Waals surface area contributed by atoms with Crippen molar-refractivity contribution in [3.8, 4) is 0 Å². The van der Waals surface area contributed by atoms with Gasteiger partial charge in [0.2, 0.25) is 9.47 Å². The Morgan fingerprint density at radius 3 is 2.78 bits per heavy atom. The van der Waals surface area contributed by atoms with Gasteiger partial charge in [-0.1, -0.05) is 24.2 Å². The van der Waals surface area contributed by atoms with E-state index in [9.17, 15) is 13.5 Å². The summed E-state index contributed by atoms with van der Waals surface area (Å²) in [5.74, 6) is 0. The minimum Gasteiger partial charge on any atom is -0.395 e. The number of aromatic nitrogens is 2. The Bertz CT molecular complexity index is 502. The fraction of sp³-hybridized carbons (Fsp3) is 0.778. The van der Waals surface area contributed by atoms with Crippen molar-refractivity contribution in [2.75, 3.05) is 18.9 Å². The standard InChI is InChI=1S/C9H16N4O3S2/c10-8-11-12-9(17-8)18(15,16)13-5-3-1-2-4-7(13)6-14/h7,14H,1-6H2,(H2,10,11).